The minimum absolute atomic E-state index is 0.00588. The topological polar surface area (TPSA) is 55.6 Å². The minimum Gasteiger partial charge on any atom is -0.445 e. The molecule has 0 aromatic heterocycles. The van der Waals surface area contributed by atoms with Gasteiger partial charge in [0.05, 0.1) is 0 Å². The average molecular weight is 186 g/mol. The number of piperidine rings is 1. The summed E-state index contributed by atoms with van der Waals surface area (Å²) < 4.78 is 4.97. The number of nitrogens with zero attached hydrogens (tertiary/aromatic N) is 1. The molecule has 1 fully saturated rings. The van der Waals surface area contributed by atoms with Crippen molar-refractivity contribution in [2.45, 2.75) is 38.8 Å². The van der Waals surface area contributed by atoms with Crippen molar-refractivity contribution in [2.75, 3.05) is 13.1 Å². The van der Waals surface area contributed by atoms with Crippen LogP contribution in [0.5, 0.6) is 0 Å². The smallest absolute Gasteiger partial charge is 0.404 e. The van der Waals surface area contributed by atoms with Gasteiger partial charge in [-0.3, -0.25) is 4.90 Å². The van der Waals surface area contributed by atoms with E-state index in [-0.39, 0.29) is 6.10 Å². The number of hydrogen-bond acceptors (Lipinski definition) is 3. The summed E-state index contributed by atoms with van der Waals surface area (Å²) in [5.74, 6) is 0. The third-order valence-corrected chi connectivity index (χ3v) is 2.42. The van der Waals surface area contributed by atoms with Gasteiger partial charge < -0.3 is 10.5 Å². The predicted molar refractivity (Wildman–Crippen MR) is 50.4 cm³/mol. The van der Waals surface area contributed by atoms with Crippen LogP contribution in [0.2, 0.25) is 0 Å². The molecular weight excluding hydrogens is 168 g/mol. The monoisotopic (exact) mass is 186 g/mol. The number of primary amides is 1. The molecule has 2 N–H and O–H groups in total. The molecular formula is C9H18N2O2. The maximum Gasteiger partial charge on any atom is 0.404 e. The van der Waals surface area contributed by atoms with Gasteiger partial charge in [0.2, 0.25) is 0 Å². The first-order valence-corrected chi connectivity index (χ1v) is 4.79. The third-order valence-electron chi connectivity index (χ3n) is 2.42. The molecule has 1 heterocycles. The summed E-state index contributed by atoms with van der Waals surface area (Å²) in [5, 5.41) is 0. The lowest BCUT2D eigenvalue weighted by molar-refractivity contribution is 0.0362. The van der Waals surface area contributed by atoms with Gasteiger partial charge in [0.15, 0.2) is 0 Å². The number of likely N-dealkylation sites (tertiary alicyclic amines) is 1. The fraction of sp³-hybridized carbons (Fsp3) is 0.889. The van der Waals surface area contributed by atoms with Crippen LogP contribution in [0, 0.1) is 0 Å². The van der Waals surface area contributed by atoms with Gasteiger partial charge in [0.1, 0.15) is 6.10 Å². The van der Waals surface area contributed by atoms with Crippen LogP contribution in [0.15, 0.2) is 0 Å². The zero-order chi connectivity index (χ0) is 9.84. The molecule has 1 amide bonds. The average Bonchev–Trinajstić information content (AvgIpc) is 2.03. The SMILES string of the molecule is CC(C)N1CCCC(OC(N)=O)C1. The van der Waals surface area contributed by atoms with Crippen molar-refractivity contribution in [1.82, 2.24) is 4.90 Å². The fourth-order valence-electron chi connectivity index (χ4n) is 1.70. The zero-order valence-electron chi connectivity index (χ0n) is 8.32. The second-order valence-electron chi connectivity index (χ2n) is 3.79. The molecule has 1 aliphatic heterocycles. The summed E-state index contributed by atoms with van der Waals surface area (Å²) in [6.07, 6.45) is 1.35. The molecule has 0 radical (unpaired) electrons. The zero-order valence-corrected chi connectivity index (χ0v) is 8.32. The summed E-state index contributed by atoms with van der Waals surface area (Å²) in [4.78, 5) is 12.8. The molecule has 76 valence electrons. The highest BCUT2D eigenvalue weighted by Gasteiger charge is 2.23. The van der Waals surface area contributed by atoms with Crippen LogP contribution >= 0.6 is 0 Å². The Morgan fingerprint density at radius 1 is 1.62 bits per heavy atom. The second-order valence-corrected chi connectivity index (χ2v) is 3.79. The van der Waals surface area contributed by atoms with Gasteiger partial charge in [0.25, 0.3) is 0 Å². The van der Waals surface area contributed by atoms with Gasteiger partial charge in [-0.2, -0.15) is 0 Å². The number of hydrogen-bond donors (Lipinski definition) is 1. The Balaban J connectivity index is 2.37. The first kappa shape index (κ1) is 10.3. The molecule has 1 atom stereocenters. The van der Waals surface area contributed by atoms with Crippen molar-refractivity contribution in [3.05, 3.63) is 0 Å². The highest BCUT2D eigenvalue weighted by Crippen LogP contribution is 2.15. The van der Waals surface area contributed by atoms with Gasteiger partial charge in [-0.25, -0.2) is 4.79 Å². The molecule has 0 saturated carbocycles. The van der Waals surface area contributed by atoms with Crippen LogP contribution in [-0.2, 0) is 4.74 Å². The van der Waals surface area contributed by atoms with Crippen LogP contribution in [0.1, 0.15) is 26.7 Å². The Kier molecular flexibility index (Phi) is 3.54. The minimum atomic E-state index is -0.657. The first-order valence-electron chi connectivity index (χ1n) is 4.79. The van der Waals surface area contributed by atoms with Crippen LogP contribution in [0.3, 0.4) is 0 Å². The number of nitrogens with two attached hydrogens (primary N) is 1. The Hall–Kier alpha value is -0.770. The Labute approximate surface area is 79.0 Å². The molecule has 0 aromatic carbocycles. The number of ether oxygens (including phenoxy) is 1. The van der Waals surface area contributed by atoms with Crippen LogP contribution in [-0.4, -0.2) is 36.2 Å². The van der Waals surface area contributed by atoms with Crippen LogP contribution in [0.25, 0.3) is 0 Å². The lowest BCUT2D eigenvalue weighted by atomic mass is 10.1. The third kappa shape index (κ3) is 3.22. The van der Waals surface area contributed by atoms with Gasteiger partial charge in [-0.15, -0.1) is 0 Å². The summed E-state index contributed by atoms with van der Waals surface area (Å²) in [7, 11) is 0. The Morgan fingerprint density at radius 2 is 2.31 bits per heavy atom. The highest BCUT2D eigenvalue weighted by molar-refractivity contribution is 5.64. The van der Waals surface area contributed by atoms with Gasteiger partial charge in [-0.1, -0.05) is 0 Å². The normalized spacial score (nSPS) is 24.7. The lowest BCUT2D eigenvalue weighted by Gasteiger charge is -2.34. The maximum atomic E-state index is 10.5. The first-order chi connectivity index (χ1) is 6.09. The van der Waals surface area contributed by atoms with E-state index in [1.807, 2.05) is 0 Å². The molecule has 4 nitrogen and oxygen atoms in total. The van der Waals surface area contributed by atoms with E-state index in [0.29, 0.717) is 6.04 Å². The molecule has 13 heavy (non-hydrogen) atoms. The molecule has 0 aliphatic carbocycles. The van der Waals surface area contributed by atoms with E-state index in [2.05, 4.69) is 18.7 Å². The Morgan fingerprint density at radius 3 is 2.85 bits per heavy atom. The van der Waals surface area contributed by atoms with Crippen molar-refractivity contribution >= 4 is 6.09 Å². The van der Waals surface area contributed by atoms with E-state index in [9.17, 15) is 4.79 Å². The van der Waals surface area contributed by atoms with E-state index < -0.39 is 6.09 Å². The predicted octanol–water partition coefficient (Wildman–Crippen LogP) is 0.955. The molecule has 1 rings (SSSR count). The van der Waals surface area contributed by atoms with Crippen LogP contribution < -0.4 is 5.73 Å². The standard InChI is InChI=1S/C9H18N2O2/c1-7(2)11-5-3-4-8(6-11)13-9(10)12/h7-8H,3-6H2,1-2H3,(H2,10,12). The molecule has 4 heteroatoms. The molecule has 0 aromatic rings. The molecule has 1 unspecified atom stereocenters. The van der Waals surface area contributed by atoms with E-state index in [1.165, 1.54) is 0 Å². The van der Waals surface area contributed by atoms with Crippen molar-refractivity contribution in [2.24, 2.45) is 5.73 Å². The largest absolute Gasteiger partial charge is 0.445 e. The summed E-state index contributed by atoms with van der Waals surface area (Å²) in [6.45, 7) is 6.20. The van der Waals surface area contributed by atoms with E-state index in [4.69, 9.17) is 10.5 Å². The molecule has 1 aliphatic rings. The van der Waals surface area contributed by atoms with Crippen molar-refractivity contribution in [1.29, 1.82) is 0 Å². The van der Waals surface area contributed by atoms with E-state index in [1.54, 1.807) is 0 Å². The fourth-order valence-corrected chi connectivity index (χ4v) is 1.70. The van der Waals surface area contributed by atoms with Gasteiger partial charge in [0, 0.05) is 12.6 Å². The Bertz CT molecular complexity index is 182. The quantitative estimate of drug-likeness (QED) is 0.698. The lowest BCUT2D eigenvalue weighted by Crippen LogP contribution is -2.44. The number of rotatable bonds is 2. The molecule has 1 saturated heterocycles. The molecule has 0 spiro atoms. The second kappa shape index (κ2) is 4.46. The van der Waals surface area contributed by atoms with Crippen molar-refractivity contribution < 1.29 is 9.53 Å². The van der Waals surface area contributed by atoms with Crippen molar-refractivity contribution in [3.63, 3.8) is 0 Å². The molecule has 0 bridgehead atoms. The van der Waals surface area contributed by atoms with Crippen LogP contribution in [0.4, 0.5) is 4.79 Å². The van der Waals surface area contributed by atoms with E-state index >= 15 is 0 Å². The summed E-state index contributed by atoms with van der Waals surface area (Å²) in [6, 6.07) is 0.513. The summed E-state index contributed by atoms with van der Waals surface area (Å²) in [5.41, 5.74) is 4.97. The van der Waals surface area contributed by atoms with Gasteiger partial charge >= 0.3 is 6.09 Å². The van der Waals surface area contributed by atoms with E-state index in [0.717, 1.165) is 25.9 Å². The highest BCUT2D eigenvalue weighted by atomic mass is 16.6. The maximum absolute atomic E-state index is 10.5. The summed E-state index contributed by atoms with van der Waals surface area (Å²) >= 11 is 0. The number of amides is 1. The number of carbonyl (C=O) groups is 1. The number of carbonyl (C=O) groups excluding carboxylic acids is 1. The van der Waals surface area contributed by atoms with Crippen molar-refractivity contribution in [3.8, 4) is 0 Å². The van der Waals surface area contributed by atoms with Gasteiger partial charge in [-0.05, 0) is 33.2 Å².